The van der Waals surface area contributed by atoms with Crippen molar-refractivity contribution >= 4 is 17.1 Å². The van der Waals surface area contributed by atoms with Crippen LogP contribution in [-0.2, 0) is 6.42 Å². The van der Waals surface area contributed by atoms with Gasteiger partial charge in [-0.1, -0.05) is 0 Å². The van der Waals surface area contributed by atoms with E-state index < -0.39 is 6.10 Å². The number of nitro groups is 1. The van der Waals surface area contributed by atoms with Crippen LogP contribution in [0.25, 0.3) is 0 Å². The molecular formula is C13H17N3O3. The third-order valence-electron chi connectivity index (χ3n) is 3.83. The van der Waals surface area contributed by atoms with Crippen molar-refractivity contribution in [1.82, 2.24) is 0 Å². The molecule has 0 bridgehead atoms. The molecule has 102 valence electrons. The van der Waals surface area contributed by atoms with Crippen LogP contribution in [-0.4, -0.2) is 29.2 Å². The lowest BCUT2D eigenvalue weighted by Crippen LogP contribution is -2.22. The molecule has 3 rings (SSSR count). The highest BCUT2D eigenvalue weighted by atomic mass is 16.6. The first-order chi connectivity index (χ1) is 9.16. The standard InChI is InChI=1S/C13H17N3O3/c17-12(8-1-2-8)7-15-13-9-5-6-14-10(9)3-4-11(13)16(18)19/h3-4,8,12,14-15,17H,1-2,5-7H2. The van der Waals surface area contributed by atoms with Gasteiger partial charge >= 0.3 is 0 Å². The summed E-state index contributed by atoms with van der Waals surface area (Å²) in [6, 6.07) is 3.27. The second kappa shape index (κ2) is 4.70. The zero-order chi connectivity index (χ0) is 13.4. The SMILES string of the molecule is O=[N+]([O-])c1ccc2c(c1NCC(O)C1CC1)CCN2. The lowest BCUT2D eigenvalue weighted by atomic mass is 10.1. The molecule has 0 amide bonds. The minimum absolute atomic E-state index is 0.0884. The van der Waals surface area contributed by atoms with E-state index in [1.54, 1.807) is 6.07 Å². The average molecular weight is 263 g/mol. The summed E-state index contributed by atoms with van der Waals surface area (Å²) in [5, 5.41) is 27.3. The van der Waals surface area contributed by atoms with Crippen molar-refractivity contribution < 1.29 is 10.0 Å². The molecule has 6 nitrogen and oxygen atoms in total. The van der Waals surface area contributed by atoms with E-state index in [1.165, 1.54) is 6.07 Å². The number of benzene rings is 1. The van der Waals surface area contributed by atoms with Crippen molar-refractivity contribution in [1.29, 1.82) is 0 Å². The largest absolute Gasteiger partial charge is 0.391 e. The highest BCUT2D eigenvalue weighted by Gasteiger charge is 2.30. The molecule has 1 aliphatic heterocycles. The van der Waals surface area contributed by atoms with Crippen molar-refractivity contribution in [2.45, 2.75) is 25.4 Å². The van der Waals surface area contributed by atoms with E-state index in [4.69, 9.17) is 0 Å². The predicted octanol–water partition coefficient (Wildman–Crippen LogP) is 1.75. The highest BCUT2D eigenvalue weighted by Crippen LogP contribution is 2.38. The normalized spacial score (nSPS) is 18.6. The van der Waals surface area contributed by atoms with Crippen LogP contribution in [0.1, 0.15) is 18.4 Å². The van der Waals surface area contributed by atoms with Crippen LogP contribution >= 0.6 is 0 Å². The minimum atomic E-state index is -0.412. The van der Waals surface area contributed by atoms with Crippen molar-refractivity contribution in [2.75, 3.05) is 23.7 Å². The predicted molar refractivity (Wildman–Crippen MR) is 72.5 cm³/mol. The third-order valence-corrected chi connectivity index (χ3v) is 3.83. The number of rotatable bonds is 5. The summed E-state index contributed by atoms with van der Waals surface area (Å²) in [6.45, 7) is 1.18. The number of hydrogen-bond acceptors (Lipinski definition) is 5. The van der Waals surface area contributed by atoms with E-state index in [-0.39, 0.29) is 10.6 Å². The fraction of sp³-hybridized carbons (Fsp3) is 0.538. The maximum absolute atomic E-state index is 11.1. The summed E-state index contributed by atoms with van der Waals surface area (Å²) < 4.78 is 0. The van der Waals surface area contributed by atoms with E-state index >= 15 is 0 Å². The summed E-state index contributed by atoms with van der Waals surface area (Å²) in [5.74, 6) is 0.362. The molecule has 1 atom stereocenters. The quantitative estimate of drug-likeness (QED) is 0.556. The molecular weight excluding hydrogens is 246 g/mol. The second-order valence-electron chi connectivity index (χ2n) is 5.21. The highest BCUT2D eigenvalue weighted by molar-refractivity contribution is 5.77. The Morgan fingerprint density at radius 2 is 2.32 bits per heavy atom. The van der Waals surface area contributed by atoms with Crippen LogP contribution in [0, 0.1) is 16.0 Å². The monoisotopic (exact) mass is 263 g/mol. The number of nitrogens with one attached hydrogen (secondary N) is 2. The Balaban J connectivity index is 1.84. The summed E-state index contributed by atoms with van der Waals surface area (Å²) >= 11 is 0. The molecule has 19 heavy (non-hydrogen) atoms. The van der Waals surface area contributed by atoms with Gasteiger partial charge in [-0.3, -0.25) is 10.1 Å². The third kappa shape index (κ3) is 2.35. The van der Waals surface area contributed by atoms with Crippen LogP contribution < -0.4 is 10.6 Å². The van der Waals surface area contributed by atoms with E-state index in [0.29, 0.717) is 18.2 Å². The van der Waals surface area contributed by atoms with E-state index in [2.05, 4.69) is 10.6 Å². The van der Waals surface area contributed by atoms with Gasteiger partial charge in [-0.05, 0) is 31.2 Å². The van der Waals surface area contributed by atoms with Gasteiger partial charge in [-0.25, -0.2) is 0 Å². The van der Waals surface area contributed by atoms with E-state index in [9.17, 15) is 15.2 Å². The van der Waals surface area contributed by atoms with E-state index in [0.717, 1.165) is 37.1 Å². The van der Waals surface area contributed by atoms with Crippen molar-refractivity contribution in [3.05, 3.63) is 27.8 Å². The minimum Gasteiger partial charge on any atom is -0.391 e. The Morgan fingerprint density at radius 3 is 3.00 bits per heavy atom. The molecule has 6 heteroatoms. The molecule has 1 unspecified atom stereocenters. The number of anilines is 2. The fourth-order valence-corrected chi connectivity index (χ4v) is 2.59. The first-order valence-corrected chi connectivity index (χ1v) is 6.63. The van der Waals surface area contributed by atoms with Crippen LogP contribution in [0.4, 0.5) is 17.1 Å². The summed E-state index contributed by atoms with van der Waals surface area (Å²) in [5.41, 5.74) is 2.56. The second-order valence-corrected chi connectivity index (χ2v) is 5.21. The summed E-state index contributed by atoms with van der Waals surface area (Å²) in [4.78, 5) is 10.7. The van der Waals surface area contributed by atoms with Crippen LogP contribution in [0.2, 0.25) is 0 Å². The molecule has 1 saturated carbocycles. The van der Waals surface area contributed by atoms with Gasteiger partial charge in [0.25, 0.3) is 5.69 Å². The molecule has 3 N–H and O–H groups in total. The molecule has 2 aliphatic rings. The smallest absolute Gasteiger partial charge is 0.292 e. The number of aliphatic hydroxyl groups is 1. The molecule has 0 radical (unpaired) electrons. The van der Waals surface area contributed by atoms with Gasteiger partial charge in [0.1, 0.15) is 5.69 Å². The van der Waals surface area contributed by atoms with Gasteiger partial charge in [0.15, 0.2) is 0 Å². The maximum Gasteiger partial charge on any atom is 0.292 e. The average Bonchev–Trinajstić information content (AvgIpc) is 3.13. The lowest BCUT2D eigenvalue weighted by Gasteiger charge is -2.14. The van der Waals surface area contributed by atoms with Crippen LogP contribution in [0.5, 0.6) is 0 Å². The number of fused-ring (bicyclic) bond motifs is 1. The molecule has 1 heterocycles. The fourth-order valence-electron chi connectivity index (χ4n) is 2.59. The van der Waals surface area contributed by atoms with Gasteiger partial charge in [0.2, 0.25) is 0 Å². The number of aliphatic hydroxyl groups excluding tert-OH is 1. The molecule has 1 fully saturated rings. The van der Waals surface area contributed by atoms with Crippen molar-refractivity contribution in [2.24, 2.45) is 5.92 Å². The Kier molecular flexibility index (Phi) is 3.02. The number of hydrogen-bond donors (Lipinski definition) is 3. The Bertz CT molecular complexity index is 514. The lowest BCUT2D eigenvalue weighted by molar-refractivity contribution is -0.384. The molecule has 1 aromatic carbocycles. The van der Waals surface area contributed by atoms with Crippen molar-refractivity contribution in [3.8, 4) is 0 Å². The Morgan fingerprint density at radius 1 is 1.53 bits per heavy atom. The zero-order valence-corrected chi connectivity index (χ0v) is 10.6. The van der Waals surface area contributed by atoms with Gasteiger partial charge < -0.3 is 15.7 Å². The Labute approximate surface area is 111 Å². The molecule has 0 spiro atoms. The van der Waals surface area contributed by atoms with Gasteiger partial charge in [-0.15, -0.1) is 0 Å². The first kappa shape index (κ1) is 12.2. The topological polar surface area (TPSA) is 87.4 Å². The molecule has 0 aromatic heterocycles. The van der Waals surface area contributed by atoms with E-state index in [1.807, 2.05) is 0 Å². The van der Waals surface area contributed by atoms with Gasteiger partial charge in [0, 0.05) is 30.4 Å². The first-order valence-electron chi connectivity index (χ1n) is 6.63. The van der Waals surface area contributed by atoms with Crippen molar-refractivity contribution in [3.63, 3.8) is 0 Å². The zero-order valence-electron chi connectivity index (χ0n) is 10.6. The van der Waals surface area contributed by atoms with Gasteiger partial charge in [0.05, 0.1) is 11.0 Å². The van der Waals surface area contributed by atoms with Crippen LogP contribution in [0.15, 0.2) is 12.1 Å². The van der Waals surface area contributed by atoms with Gasteiger partial charge in [-0.2, -0.15) is 0 Å². The summed E-state index contributed by atoms with van der Waals surface area (Å²) in [6.07, 6.45) is 2.47. The summed E-state index contributed by atoms with van der Waals surface area (Å²) in [7, 11) is 0. The number of nitrogens with zero attached hydrogens (tertiary/aromatic N) is 1. The van der Waals surface area contributed by atoms with Crippen LogP contribution in [0.3, 0.4) is 0 Å². The molecule has 1 aromatic rings. The maximum atomic E-state index is 11.1. The molecule has 1 aliphatic carbocycles. The molecule has 0 saturated heterocycles. The number of nitro benzene ring substituents is 1. The Hall–Kier alpha value is -1.82.